The summed E-state index contributed by atoms with van der Waals surface area (Å²) in [7, 11) is 0. The van der Waals surface area contributed by atoms with Gasteiger partial charge in [0.1, 0.15) is 0 Å². The molecule has 0 saturated heterocycles. The summed E-state index contributed by atoms with van der Waals surface area (Å²) in [6.45, 7) is 1.38. The van der Waals surface area contributed by atoms with Crippen molar-refractivity contribution in [2.24, 2.45) is 0 Å². The molecule has 0 aromatic heterocycles. The molecule has 0 atom stereocenters. The Morgan fingerprint density at radius 2 is 2.08 bits per heavy atom. The molecule has 13 heavy (non-hydrogen) atoms. The van der Waals surface area contributed by atoms with Crippen molar-refractivity contribution in [1.82, 2.24) is 4.90 Å². The predicted molar refractivity (Wildman–Crippen MR) is 59.2 cm³/mol. The van der Waals surface area contributed by atoms with E-state index in [0.29, 0.717) is 6.54 Å². The van der Waals surface area contributed by atoms with E-state index < -0.39 is 6.43 Å². The molecule has 5 heteroatoms. The van der Waals surface area contributed by atoms with Crippen LogP contribution in [-0.2, 0) is 0 Å². The molecule has 0 radical (unpaired) electrons. The van der Waals surface area contributed by atoms with Crippen LogP contribution >= 0.6 is 27.7 Å². The van der Waals surface area contributed by atoms with Gasteiger partial charge in [-0.3, -0.25) is 4.90 Å². The average Bonchev–Trinajstić information content (AvgIpc) is 2.04. The summed E-state index contributed by atoms with van der Waals surface area (Å²) in [4.78, 5) is 1.80. The van der Waals surface area contributed by atoms with Gasteiger partial charge in [-0.2, -0.15) is 11.8 Å². The van der Waals surface area contributed by atoms with Crippen molar-refractivity contribution in [3.63, 3.8) is 0 Å². The molecule has 0 aliphatic rings. The van der Waals surface area contributed by atoms with Gasteiger partial charge in [-0.05, 0) is 25.0 Å². The molecular formula is C8H16BrF2NS. The van der Waals surface area contributed by atoms with Crippen LogP contribution < -0.4 is 0 Å². The number of alkyl halides is 3. The smallest absolute Gasteiger partial charge is 0.251 e. The lowest BCUT2D eigenvalue weighted by Crippen LogP contribution is -2.31. The second kappa shape index (κ2) is 9.21. The van der Waals surface area contributed by atoms with E-state index in [2.05, 4.69) is 15.9 Å². The van der Waals surface area contributed by atoms with Crippen LogP contribution in [0.1, 0.15) is 6.42 Å². The van der Waals surface area contributed by atoms with Crippen LogP contribution in [0.15, 0.2) is 0 Å². The third-order valence-corrected chi connectivity index (χ3v) is 2.67. The van der Waals surface area contributed by atoms with Crippen molar-refractivity contribution >= 4 is 27.7 Å². The molecule has 0 aromatic carbocycles. The van der Waals surface area contributed by atoms with Crippen LogP contribution in [0.25, 0.3) is 0 Å². The highest BCUT2D eigenvalue weighted by molar-refractivity contribution is 9.09. The van der Waals surface area contributed by atoms with Crippen molar-refractivity contribution in [2.45, 2.75) is 12.8 Å². The summed E-state index contributed by atoms with van der Waals surface area (Å²) in [6, 6.07) is 0. The molecule has 0 rings (SSSR count). The van der Waals surface area contributed by atoms with Crippen molar-refractivity contribution in [2.75, 3.05) is 37.0 Å². The van der Waals surface area contributed by atoms with Crippen LogP contribution in [0.3, 0.4) is 0 Å². The van der Waals surface area contributed by atoms with E-state index in [0.717, 1.165) is 24.0 Å². The summed E-state index contributed by atoms with van der Waals surface area (Å²) in [5, 5.41) is 0.763. The van der Waals surface area contributed by atoms with Crippen molar-refractivity contribution in [1.29, 1.82) is 0 Å². The van der Waals surface area contributed by atoms with Crippen molar-refractivity contribution in [3.8, 4) is 0 Å². The highest BCUT2D eigenvalue weighted by Crippen LogP contribution is 2.03. The largest absolute Gasteiger partial charge is 0.297 e. The van der Waals surface area contributed by atoms with Gasteiger partial charge in [0, 0.05) is 11.9 Å². The lowest BCUT2D eigenvalue weighted by molar-refractivity contribution is 0.0916. The fourth-order valence-corrected chi connectivity index (χ4v) is 1.96. The van der Waals surface area contributed by atoms with E-state index in [1.54, 1.807) is 16.7 Å². The fraction of sp³-hybridized carbons (Fsp3) is 1.00. The summed E-state index contributed by atoms with van der Waals surface area (Å²) in [5.41, 5.74) is 0. The first-order valence-electron chi connectivity index (χ1n) is 4.26. The van der Waals surface area contributed by atoms with Crippen LogP contribution in [0.2, 0.25) is 0 Å². The minimum absolute atomic E-state index is 0.0972. The Labute approximate surface area is 91.4 Å². The average molecular weight is 276 g/mol. The maximum atomic E-state index is 12.1. The summed E-state index contributed by atoms with van der Waals surface area (Å²) in [5.74, 6) is 1.04. The molecule has 0 N–H and O–H groups in total. The van der Waals surface area contributed by atoms with Gasteiger partial charge in [-0.15, -0.1) is 0 Å². The monoisotopic (exact) mass is 275 g/mol. The summed E-state index contributed by atoms with van der Waals surface area (Å²) >= 11 is 5.01. The SMILES string of the molecule is CSCCCN(CCBr)CC(F)F. The van der Waals surface area contributed by atoms with Gasteiger partial charge in [0.15, 0.2) is 0 Å². The minimum Gasteiger partial charge on any atom is -0.297 e. The Morgan fingerprint density at radius 1 is 1.38 bits per heavy atom. The van der Waals surface area contributed by atoms with Gasteiger partial charge >= 0.3 is 0 Å². The maximum absolute atomic E-state index is 12.1. The highest BCUT2D eigenvalue weighted by atomic mass is 79.9. The first-order valence-corrected chi connectivity index (χ1v) is 6.77. The lowest BCUT2D eigenvalue weighted by atomic mass is 10.4. The van der Waals surface area contributed by atoms with Gasteiger partial charge in [-0.1, -0.05) is 15.9 Å². The summed E-state index contributed by atoms with van der Waals surface area (Å²) < 4.78 is 24.1. The Morgan fingerprint density at radius 3 is 2.54 bits per heavy atom. The van der Waals surface area contributed by atoms with Gasteiger partial charge in [0.2, 0.25) is 0 Å². The van der Waals surface area contributed by atoms with E-state index in [1.807, 2.05) is 6.26 Å². The number of hydrogen-bond donors (Lipinski definition) is 0. The second-order valence-electron chi connectivity index (χ2n) is 2.73. The quantitative estimate of drug-likeness (QED) is 0.495. The Kier molecular flexibility index (Phi) is 9.68. The standard InChI is InChI=1S/C8H16BrF2NS/c1-13-6-2-4-12(5-3-9)7-8(10)11/h8H,2-7H2,1H3. The number of rotatable bonds is 8. The van der Waals surface area contributed by atoms with E-state index >= 15 is 0 Å². The Bertz CT molecular complexity index is 116. The van der Waals surface area contributed by atoms with Crippen LogP contribution in [0.4, 0.5) is 8.78 Å². The third-order valence-electron chi connectivity index (χ3n) is 1.62. The minimum atomic E-state index is -2.21. The Balaban J connectivity index is 3.53. The van der Waals surface area contributed by atoms with E-state index in [-0.39, 0.29) is 6.54 Å². The lowest BCUT2D eigenvalue weighted by Gasteiger charge is -2.20. The van der Waals surface area contributed by atoms with Crippen molar-refractivity contribution in [3.05, 3.63) is 0 Å². The molecule has 0 unspecified atom stereocenters. The molecule has 0 aliphatic carbocycles. The molecule has 0 spiro atoms. The molecule has 0 amide bonds. The molecule has 1 nitrogen and oxygen atoms in total. The van der Waals surface area contributed by atoms with E-state index in [1.165, 1.54) is 0 Å². The molecule has 0 fully saturated rings. The molecule has 0 aliphatic heterocycles. The predicted octanol–water partition coefficient (Wildman–Crippen LogP) is 2.70. The molecule has 0 aromatic rings. The van der Waals surface area contributed by atoms with Crippen molar-refractivity contribution < 1.29 is 8.78 Å². The second-order valence-corrected chi connectivity index (χ2v) is 4.51. The molecular weight excluding hydrogens is 260 g/mol. The zero-order chi connectivity index (χ0) is 10.1. The highest BCUT2D eigenvalue weighted by Gasteiger charge is 2.10. The van der Waals surface area contributed by atoms with Crippen LogP contribution in [0, 0.1) is 0 Å². The molecule has 0 bridgehead atoms. The summed E-state index contributed by atoms with van der Waals surface area (Å²) in [6.07, 6.45) is 0.802. The molecule has 0 saturated carbocycles. The van der Waals surface area contributed by atoms with E-state index in [9.17, 15) is 8.78 Å². The number of nitrogens with zero attached hydrogens (tertiary/aromatic N) is 1. The van der Waals surface area contributed by atoms with Gasteiger partial charge in [-0.25, -0.2) is 8.78 Å². The number of thioether (sulfide) groups is 1. The van der Waals surface area contributed by atoms with Gasteiger partial charge < -0.3 is 0 Å². The maximum Gasteiger partial charge on any atom is 0.251 e. The first-order chi connectivity index (χ1) is 6.20. The zero-order valence-electron chi connectivity index (χ0n) is 7.81. The molecule has 80 valence electrons. The number of halogens is 3. The number of hydrogen-bond acceptors (Lipinski definition) is 2. The van der Waals surface area contributed by atoms with Crippen LogP contribution in [-0.4, -0.2) is 48.3 Å². The first kappa shape index (κ1) is 13.7. The van der Waals surface area contributed by atoms with Gasteiger partial charge in [0.05, 0.1) is 6.54 Å². The van der Waals surface area contributed by atoms with E-state index in [4.69, 9.17) is 0 Å². The fourth-order valence-electron chi connectivity index (χ4n) is 1.04. The van der Waals surface area contributed by atoms with Gasteiger partial charge in [0.25, 0.3) is 6.43 Å². The molecule has 0 heterocycles. The third kappa shape index (κ3) is 8.97. The zero-order valence-corrected chi connectivity index (χ0v) is 10.2. The normalized spacial score (nSPS) is 11.5. The Hall–Kier alpha value is 0.650. The van der Waals surface area contributed by atoms with Crippen LogP contribution in [0.5, 0.6) is 0 Å². The topological polar surface area (TPSA) is 3.24 Å².